The Hall–Kier alpha value is -1.06. The van der Waals surface area contributed by atoms with Gasteiger partial charge in [0.1, 0.15) is 0 Å². The molecular weight excluding hydrogens is 236 g/mol. The molecule has 0 radical (unpaired) electrons. The lowest BCUT2D eigenvalue weighted by molar-refractivity contribution is -0.00868. The molecule has 2 atom stereocenters. The van der Waals surface area contributed by atoms with E-state index in [1.165, 1.54) is 42.5 Å². The predicted molar refractivity (Wildman–Crippen MR) is 78.4 cm³/mol. The van der Waals surface area contributed by atoms with Crippen molar-refractivity contribution in [2.45, 2.75) is 51.3 Å². The fourth-order valence-electron chi connectivity index (χ4n) is 3.50. The van der Waals surface area contributed by atoms with Gasteiger partial charge in [-0.15, -0.1) is 0 Å². The molecule has 1 aromatic carbocycles. The number of ether oxygens (including phenoxy) is 1. The fraction of sp³-hybridized carbons (Fsp3) is 0.625. The summed E-state index contributed by atoms with van der Waals surface area (Å²) in [5, 5.41) is 0. The standard InChI is InChI=1S/C16H24N2O/c1-12-10-14(7-6-13(12)11-17)18-8-9-19-16-5-3-2-4-15(16)18/h6-7,10,15-16H,2-5,8-9,11,17H2,1H3. The summed E-state index contributed by atoms with van der Waals surface area (Å²) in [5.74, 6) is 0. The van der Waals surface area contributed by atoms with Gasteiger partial charge in [0, 0.05) is 18.8 Å². The van der Waals surface area contributed by atoms with Gasteiger partial charge in [-0.25, -0.2) is 0 Å². The van der Waals surface area contributed by atoms with Gasteiger partial charge in [-0.05, 0) is 43.0 Å². The van der Waals surface area contributed by atoms with Crippen LogP contribution in [0.5, 0.6) is 0 Å². The lowest BCUT2D eigenvalue weighted by Gasteiger charge is -2.45. The van der Waals surface area contributed by atoms with Crippen molar-refractivity contribution >= 4 is 5.69 Å². The highest BCUT2D eigenvalue weighted by Crippen LogP contribution is 2.32. The third-order valence-corrected chi connectivity index (χ3v) is 4.61. The Morgan fingerprint density at radius 1 is 1.32 bits per heavy atom. The molecule has 3 heteroatoms. The lowest BCUT2D eigenvalue weighted by Crippen LogP contribution is -2.52. The van der Waals surface area contributed by atoms with Crippen LogP contribution < -0.4 is 10.6 Å². The van der Waals surface area contributed by atoms with Crippen molar-refractivity contribution in [2.75, 3.05) is 18.1 Å². The summed E-state index contributed by atoms with van der Waals surface area (Å²) in [5.41, 5.74) is 9.65. The molecule has 1 aliphatic heterocycles. The van der Waals surface area contributed by atoms with E-state index in [1.807, 2.05) is 0 Å². The Kier molecular flexibility index (Phi) is 3.76. The molecule has 0 amide bonds. The van der Waals surface area contributed by atoms with Gasteiger partial charge in [0.15, 0.2) is 0 Å². The number of morpholine rings is 1. The Bertz CT molecular complexity index is 444. The van der Waals surface area contributed by atoms with Crippen LogP contribution in [0.3, 0.4) is 0 Å². The van der Waals surface area contributed by atoms with E-state index in [9.17, 15) is 0 Å². The van der Waals surface area contributed by atoms with Crippen molar-refractivity contribution in [1.29, 1.82) is 0 Å². The smallest absolute Gasteiger partial charge is 0.0779 e. The largest absolute Gasteiger partial charge is 0.374 e. The highest BCUT2D eigenvalue weighted by Gasteiger charge is 2.34. The molecule has 2 fully saturated rings. The summed E-state index contributed by atoms with van der Waals surface area (Å²) < 4.78 is 5.95. The van der Waals surface area contributed by atoms with Gasteiger partial charge >= 0.3 is 0 Å². The SMILES string of the molecule is Cc1cc(N2CCOC3CCCCC32)ccc1CN. The molecule has 19 heavy (non-hydrogen) atoms. The number of hydrogen-bond acceptors (Lipinski definition) is 3. The van der Waals surface area contributed by atoms with E-state index in [-0.39, 0.29) is 0 Å². The average molecular weight is 260 g/mol. The molecular formula is C16H24N2O. The second kappa shape index (κ2) is 5.51. The van der Waals surface area contributed by atoms with Crippen molar-refractivity contribution in [3.05, 3.63) is 29.3 Å². The van der Waals surface area contributed by atoms with Crippen molar-refractivity contribution in [3.63, 3.8) is 0 Å². The third-order valence-electron chi connectivity index (χ3n) is 4.61. The van der Waals surface area contributed by atoms with Gasteiger partial charge in [0.05, 0.1) is 18.8 Å². The van der Waals surface area contributed by atoms with Crippen LogP contribution in [0.25, 0.3) is 0 Å². The number of hydrogen-bond donors (Lipinski definition) is 1. The third kappa shape index (κ3) is 2.49. The zero-order valence-corrected chi connectivity index (χ0v) is 11.8. The number of aryl methyl sites for hydroxylation is 1. The number of fused-ring (bicyclic) bond motifs is 1. The maximum atomic E-state index is 5.95. The molecule has 2 N–H and O–H groups in total. The minimum atomic E-state index is 0.442. The van der Waals surface area contributed by atoms with Crippen LogP contribution in [-0.2, 0) is 11.3 Å². The first-order valence-electron chi connectivity index (χ1n) is 7.47. The zero-order valence-electron chi connectivity index (χ0n) is 11.8. The molecule has 1 aromatic rings. The maximum Gasteiger partial charge on any atom is 0.0779 e. The van der Waals surface area contributed by atoms with Crippen LogP contribution in [0.4, 0.5) is 5.69 Å². The highest BCUT2D eigenvalue weighted by molar-refractivity contribution is 5.52. The molecule has 1 aliphatic carbocycles. The second-order valence-corrected chi connectivity index (χ2v) is 5.77. The normalized spacial score (nSPS) is 27.2. The molecule has 104 valence electrons. The number of anilines is 1. The molecule has 0 spiro atoms. The summed E-state index contributed by atoms with van der Waals surface area (Å²) in [6.45, 7) is 4.66. The fourth-order valence-corrected chi connectivity index (χ4v) is 3.50. The average Bonchev–Trinajstić information content (AvgIpc) is 2.46. The molecule has 1 saturated heterocycles. The monoisotopic (exact) mass is 260 g/mol. The summed E-state index contributed by atoms with van der Waals surface area (Å²) >= 11 is 0. The quantitative estimate of drug-likeness (QED) is 0.888. The number of benzene rings is 1. The molecule has 3 rings (SSSR count). The van der Waals surface area contributed by atoms with E-state index < -0.39 is 0 Å². The van der Waals surface area contributed by atoms with Gasteiger partial charge < -0.3 is 15.4 Å². The van der Waals surface area contributed by atoms with Crippen LogP contribution in [0.15, 0.2) is 18.2 Å². The first kappa shape index (κ1) is 12.9. The second-order valence-electron chi connectivity index (χ2n) is 5.77. The van der Waals surface area contributed by atoms with Gasteiger partial charge in [0.25, 0.3) is 0 Å². The summed E-state index contributed by atoms with van der Waals surface area (Å²) in [6.07, 6.45) is 5.58. The molecule has 3 nitrogen and oxygen atoms in total. The predicted octanol–water partition coefficient (Wildman–Crippen LogP) is 2.60. The Morgan fingerprint density at radius 2 is 2.16 bits per heavy atom. The minimum Gasteiger partial charge on any atom is -0.374 e. The van der Waals surface area contributed by atoms with Gasteiger partial charge in [0.2, 0.25) is 0 Å². The van der Waals surface area contributed by atoms with Gasteiger partial charge in [-0.1, -0.05) is 18.9 Å². The van der Waals surface area contributed by atoms with Crippen molar-refractivity contribution in [2.24, 2.45) is 5.73 Å². The molecule has 0 aromatic heterocycles. The van der Waals surface area contributed by atoms with Crippen molar-refractivity contribution in [3.8, 4) is 0 Å². The van der Waals surface area contributed by atoms with Crippen molar-refractivity contribution in [1.82, 2.24) is 0 Å². The molecule has 2 unspecified atom stereocenters. The molecule has 1 saturated carbocycles. The number of rotatable bonds is 2. The van der Waals surface area contributed by atoms with E-state index in [0.29, 0.717) is 18.7 Å². The van der Waals surface area contributed by atoms with Crippen LogP contribution in [0, 0.1) is 6.92 Å². The van der Waals surface area contributed by atoms with Crippen LogP contribution >= 0.6 is 0 Å². The Morgan fingerprint density at radius 3 is 2.95 bits per heavy atom. The number of nitrogens with two attached hydrogens (primary N) is 1. The van der Waals surface area contributed by atoms with E-state index >= 15 is 0 Å². The Balaban J connectivity index is 1.85. The van der Waals surface area contributed by atoms with E-state index in [4.69, 9.17) is 10.5 Å². The lowest BCUT2D eigenvalue weighted by atomic mass is 9.89. The summed E-state index contributed by atoms with van der Waals surface area (Å²) in [4.78, 5) is 2.56. The topological polar surface area (TPSA) is 38.5 Å². The first-order valence-corrected chi connectivity index (χ1v) is 7.47. The van der Waals surface area contributed by atoms with Crippen LogP contribution in [0.2, 0.25) is 0 Å². The maximum absolute atomic E-state index is 5.95. The zero-order chi connectivity index (χ0) is 13.2. The van der Waals surface area contributed by atoms with E-state index in [0.717, 1.165) is 13.2 Å². The molecule has 2 aliphatic rings. The van der Waals surface area contributed by atoms with E-state index in [2.05, 4.69) is 30.0 Å². The summed E-state index contributed by atoms with van der Waals surface area (Å²) in [7, 11) is 0. The van der Waals surface area contributed by atoms with Crippen molar-refractivity contribution < 1.29 is 4.74 Å². The van der Waals surface area contributed by atoms with Crippen LogP contribution in [0.1, 0.15) is 36.8 Å². The molecule has 1 heterocycles. The minimum absolute atomic E-state index is 0.442. The van der Waals surface area contributed by atoms with Gasteiger partial charge in [-0.2, -0.15) is 0 Å². The summed E-state index contributed by atoms with van der Waals surface area (Å²) in [6, 6.07) is 7.27. The highest BCUT2D eigenvalue weighted by atomic mass is 16.5. The Labute approximate surface area is 115 Å². The van der Waals surface area contributed by atoms with Crippen LogP contribution in [-0.4, -0.2) is 25.3 Å². The van der Waals surface area contributed by atoms with E-state index in [1.54, 1.807) is 0 Å². The van der Waals surface area contributed by atoms with Gasteiger partial charge in [-0.3, -0.25) is 0 Å². The number of nitrogens with zero attached hydrogens (tertiary/aromatic N) is 1. The molecule has 0 bridgehead atoms. The first-order chi connectivity index (χ1) is 9.29.